The lowest BCUT2D eigenvalue weighted by Crippen LogP contribution is -3.06. The minimum absolute atomic E-state index is 0. The molecule has 1 aromatic carbocycles. The Morgan fingerprint density at radius 3 is 2.22 bits per heavy atom. The van der Waals surface area contributed by atoms with Crippen molar-refractivity contribution in [3.63, 3.8) is 0 Å². The predicted octanol–water partition coefficient (Wildman–Crippen LogP) is -1.45. The highest BCUT2D eigenvalue weighted by Crippen LogP contribution is 2.20. The molecule has 0 saturated carbocycles. The second-order valence-corrected chi connectivity index (χ2v) is 4.40. The third kappa shape index (κ3) is 7.66. The summed E-state index contributed by atoms with van der Waals surface area (Å²) in [6.07, 6.45) is 0. The van der Waals surface area contributed by atoms with Gasteiger partial charge in [-0.25, -0.2) is 0 Å². The number of anilines is 1. The van der Waals surface area contributed by atoms with E-state index in [1.54, 1.807) is 18.2 Å². The quantitative estimate of drug-likeness (QED) is 0.465. The Hall–Kier alpha value is -0.620. The average molecular weight is 341 g/mol. The summed E-state index contributed by atoms with van der Waals surface area (Å²) < 4.78 is 0.775. The summed E-state index contributed by atoms with van der Waals surface area (Å²) in [5.41, 5.74) is 6.98. The molecule has 4 nitrogen and oxygen atoms in total. The molecule has 1 rings (SSSR count). The van der Waals surface area contributed by atoms with Gasteiger partial charge in [0.2, 0.25) is 5.78 Å². The van der Waals surface area contributed by atoms with Gasteiger partial charge in [0.15, 0.2) is 0 Å². The molecule has 0 spiro atoms. The molecule has 0 fully saturated rings. The van der Waals surface area contributed by atoms with Crippen LogP contribution in [0, 0.1) is 0 Å². The van der Waals surface area contributed by atoms with E-state index in [0.29, 0.717) is 17.8 Å². The first kappa shape index (κ1) is 22.6. The first-order valence-electron chi connectivity index (χ1n) is 5.38. The molecule has 0 bridgehead atoms. The summed E-state index contributed by atoms with van der Waals surface area (Å²) in [6.45, 7) is 4.50. The second kappa shape index (κ2) is 11.5. The SMILES string of the molecule is CC.C[NH+](C)CC(=O)c1ccc(N)c(Br)c1.N.[Cl-]. The first-order valence-corrected chi connectivity index (χ1v) is 6.17. The molecular formula is C12H23BrClN3O. The Morgan fingerprint density at radius 1 is 1.33 bits per heavy atom. The van der Waals surface area contributed by atoms with Crippen molar-refractivity contribution in [3.8, 4) is 0 Å². The topological polar surface area (TPSA) is 82.5 Å². The second-order valence-electron chi connectivity index (χ2n) is 3.54. The van der Waals surface area contributed by atoms with E-state index in [2.05, 4.69) is 15.9 Å². The average Bonchev–Trinajstić information content (AvgIpc) is 2.24. The van der Waals surface area contributed by atoms with Gasteiger partial charge < -0.3 is 29.2 Å². The lowest BCUT2D eigenvalue weighted by molar-refractivity contribution is -0.848. The maximum Gasteiger partial charge on any atom is 0.216 e. The van der Waals surface area contributed by atoms with Gasteiger partial charge >= 0.3 is 0 Å². The van der Waals surface area contributed by atoms with Crippen molar-refractivity contribution in [3.05, 3.63) is 28.2 Å². The summed E-state index contributed by atoms with van der Waals surface area (Å²) in [5.74, 6) is 0.130. The van der Waals surface area contributed by atoms with Crippen molar-refractivity contribution >= 4 is 27.4 Å². The van der Waals surface area contributed by atoms with E-state index in [1.165, 1.54) is 0 Å². The molecule has 0 unspecified atom stereocenters. The molecule has 0 heterocycles. The zero-order valence-corrected chi connectivity index (χ0v) is 13.7. The lowest BCUT2D eigenvalue weighted by atomic mass is 10.1. The van der Waals surface area contributed by atoms with Gasteiger partial charge in [-0.3, -0.25) is 4.79 Å². The molecule has 0 aromatic heterocycles. The van der Waals surface area contributed by atoms with Crippen LogP contribution in [0.15, 0.2) is 22.7 Å². The maximum atomic E-state index is 11.6. The highest BCUT2D eigenvalue weighted by Gasteiger charge is 2.10. The zero-order valence-electron chi connectivity index (χ0n) is 11.4. The van der Waals surface area contributed by atoms with E-state index in [-0.39, 0.29) is 24.3 Å². The van der Waals surface area contributed by atoms with Gasteiger partial charge in [-0.05, 0) is 34.1 Å². The van der Waals surface area contributed by atoms with E-state index in [4.69, 9.17) is 5.73 Å². The molecule has 106 valence electrons. The molecule has 6 N–H and O–H groups in total. The van der Waals surface area contributed by atoms with E-state index in [9.17, 15) is 4.79 Å². The predicted molar refractivity (Wildman–Crippen MR) is 76.9 cm³/mol. The van der Waals surface area contributed by atoms with Gasteiger partial charge in [-0.2, -0.15) is 0 Å². The van der Waals surface area contributed by atoms with Crippen LogP contribution in [0.5, 0.6) is 0 Å². The Labute approximate surface area is 124 Å². The fraction of sp³-hybridized carbons (Fsp3) is 0.417. The van der Waals surface area contributed by atoms with Gasteiger partial charge in [-0.1, -0.05) is 13.8 Å². The third-order valence-corrected chi connectivity index (χ3v) is 2.52. The smallest absolute Gasteiger partial charge is 0.216 e. The molecule has 6 heteroatoms. The summed E-state index contributed by atoms with van der Waals surface area (Å²) in [4.78, 5) is 12.7. The standard InChI is InChI=1S/C10H13BrN2O.C2H6.ClH.H3N/c1-13(2)6-10(14)7-3-4-9(12)8(11)5-7;1-2;;/h3-5H,6,12H2,1-2H3;1-2H3;1H;1H3. The Balaban J connectivity index is -0.000000534. The number of carbonyl (C=O) groups excluding carboxylic acids is 1. The zero-order chi connectivity index (χ0) is 12.7. The van der Waals surface area contributed by atoms with E-state index < -0.39 is 0 Å². The van der Waals surface area contributed by atoms with Crippen LogP contribution < -0.4 is 29.2 Å². The van der Waals surface area contributed by atoms with Crippen LogP contribution in [-0.2, 0) is 0 Å². The van der Waals surface area contributed by atoms with Crippen molar-refractivity contribution < 1.29 is 22.1 Å². The lowest BCUT2D eigenvalue weighted by Gasteiger charge is -2.06. The monoisotopic (exact) mass is 339 g/mol. The minimum Gasteiger partial charge on any atom is -1.00 e. The number of rotatable bonds is 3. The van der Waals surface area contributed by atoms with Crippen molar-refractivity contribution in [2.75, 3.05) is 26.4 Å². The number of nitrogens with two attached hydrogens (primary N) is 1. The molecular weight excluding hydrogens is 318 g/mol. The molecule has 0 amide bonds. The van der Waals surface area contributed by atoms with Crippen LogP contribution >= 0.6 is 15.9 Å². The molecule has 0 atom stereocenters. The van der Waals surface area contributed by atoms with Gasteiger partial charge in [-0.15, -0.1) is 0 Å². The van der Waals surface area contributed by atoms with Crippen molar-refractivity contribution in [1.82, 2.24) is 6.15 Å². The molecule has 18 heavy (non-hydrogen) atoms. The van der Waals surface area contributed by atoms with Crippen LogP contribution in [0.3, 0.4) is 0 Å². The number of likely N-dealkylation sites (N-methyl/N-ethyl adjacent to an activating group) is 1. The highest BCUT2D eigenvalue weighted by atomic mass is 79.9. The Bertz CT molecular complexity index is 359. The summed E-state index contributed by atoms with van der Waals surface area (Å²) in [6, 6.07) is 5.26. The van der Waals surface area contributed by atoms with Crippen LogP contribution in [0.25, 0.3) is 0 Å². The van der Waals surface area contributed by atoms with Gasteiger partial charge in [0.05, 0.1) is 14.1 Å². The van der Waals surface area contributed by atoms with Crippen molar-refractivity contribution in [1.29, 1.82) is 0 Å². The number of Topliss-reactive ketones (excluding diaryl/α,β-unsaturated/α-hetero) is 1. The molecule has 0 saturated heterocycles. The van der Waals surface area contributed by atoms with Crippen LogP contribution in [0.2, 0.25) is 0 Å². The number of nitrogen functional groups attached to an aromatic ring is 1. The van der Waals surface area contributed by atoms with Gasteiger partial charge in [0, 0.05) is 15.7 Å². The number of benzene rings is 1. The summed E-state index contributed by atoms with van der Waals surface area (Å²) in [7, 11) is 3.90. The van der Waals surface area contributed by atoms with Crippen molar-refractivity contribution in [2.45, 2.75) is 13.8 Å². The number of ketones is 1. The molecule has 1 aromatic rings. The molecule has 0 aliphatic carbocycles. The van der Waals surface area contributed by atoms with Crippen molar-refractivity contribution in [2.24, 2.45) is 0 Å². The number of quaternary nitrogens is 1. The fourth-order valence-electron chi connectivity index (χ4n) is 1.12. The van der Waals surface area contributed by atoms with Crippen LogP contribution in [0.4, 0.5) is 5.69 Å². The van der Waals surface area contributed by atoms with E-state index in [0.717, 1.165) is 9.37 Å². The number of hydrogen-bond acceptors (Lipinski definition) is 3. The third-order valence-electron chi connectivity index (χ3n) is 1.84. The Morgan fingerprint density at radius 2 is 1.83 bits per heavy atom. The maximum absolute atomic E-state index is 11.6. The largest absolute Gasteiger partial charge is 1.00 e. The normalized spacial score (nSPS) is 8.56. The fourth-order valence-corrected chi connectivity index (χ4v) is 1.50. The highest BCUT2D eigenvalue weighted by molar-refractivity contribution is 9.10. The molecule has 0 aliphatic rings. The van der Waals surface area contributed by atoms with E-state index in [1.807, 2.05) is 27.9 Å². The number of carbonyl (C=O) groups is 1. The summed E-state index contributed by atoms with van der Waals surface area (Å²) >= 11 is 3.30. The minimum atomic E-state index is 0. The number of nitrogens with one attached hydrogen (secondary N) is 1. The van der Waals surface area contributed by atoms with Gasteiger partial charge in [0.1, 0.15) is 6.54 Å². The molecule has 0 aliphatic heterocycles. The van der Waals surface area contributed by atoms with Crippen LogP contribution in [-0.4, -0.2) is 26.4 Å². The van der Waals surface area contributed by atoms with Gasteiger partial charge in [0.25, 0.3) is 0 Å². The first-order chi connectivity index (χ1) is 7.50. The Kier molecular flexibility index (Phi) is 14.4. The number of halogens is 2. The van der Waals surface area contributed by atoms with Crippen LogP contribution in [0.1, 0.15) is 24.2 Å². The summed E-state index contributed by atoms with van der Waals surface area (Å²) in [5, 5.41) is 0. The molecule has 0 radical (unpaired) electrons. The number of hydrogen-bond donors (Lipinski definition) is 3. The van der Waals surface area contributed by atoms with E-state index >= 15 is 0 Å².